The fourth-order valence-electron chi connectivity index (χ4n) is 3.19. The number of unbranched alkanes of at least 4 members (excludes halogenated alkanes) is 5. The average molecular weight is 439 g/mol. The van der Waals surface area contributed by atoms with E-state index in [9.17, 15) is 4.79 Å². The summed E-state index contributed by atoms with van der Waals surface area (Å²) in [4.78, 5) is 17.2. The third-order valence-corrected chi connectivity index (χ3v) is 5.76. The van der Waals surface area contributed by atoms with Crippen molar-refractivity contribution in [2.45, 2.75) is 52.1 Å². The third kappa shape index (κ3) is 7.40. The van der Waals surface area contributed by atoms with Crippen molar-refractivity contribution in [3.05, 3.63) is 70.7 Å². The molecule has 3 rings (SSSR count). The maximum atomic E-state index is 12.6. The number of hydrogen-bond donors (Lipinski definition) is 1. The number of ether oxygens (including phenoxy) is 2. The molecule has 0 aliphatic carbocycles. The molecule has 164 valence electrons. The van der Waals surface area contributed by atoms with E-state index in [0.717, 1.165) is 17.7 Å². The molecule has 6 heteroatoms. The Kier molecular flexibility index (Phi) is 9.38. The van der Waals surface area contributed by atoms with E-state index in [1.165, 1.54) is 43.4 Å². The van der Waals surface area contributed by atoms with Crippen molar-refractivity contribution < 1.29 is 14.3 Å². The van der Waals surface area contributed by atoms with Crippen LogP contribution in [0.3, 0.4) is 0 Å². The quantitative estimate of drug-likeness (QED) is 0.301. The molecule has 0 unspecified atom stereocenters. The van der Waals surface area contributed by atoms with Gasteiger partial charge in [0.05, 0.1) is 18.5 Å². The number of rotatable bonds is 13. The van der Waals surface area contributed by atoms with Crippen molar-refractivity contribution in [2.75, 3.05) is 11.9 Å². The van der Waals surface area contributed by atoms with Gasteiger partial charge in [-0.1, -0.05) is 57.2 Å². The highest BCUT2D eigenvalue weighted by atomic mass is 32.1. The molecule has 0 aliphatic heterocycles. The Hall–Kier alpha value is -2.86. The van der Waals surface area contributed by atoms with Crippen molar-refractivity contribution in [3.8, 4) is 11.5 Å². The Bertz CT molecular complexity index is 927. The zero-order valence-corrected chi connectivity index (χ0v) is 18.8. The number of anilines is 1. The van der Waals surface area contributed by atoms with Crippen LogP contribution in [0.2, 0.25) is 0 Å². The molecule has 1 amide bonds. The zero-order chi connectivity index (χ0) is 21.7. The van der Waals surface area contributed by atoms with E-state index in [-0.39, 0.29) is 5.91 Å². The topological polar surface area (TPSA) is 60.5 Å². The predicted molar refractivity (Wildman–Crippen MR) is 126 cm³/mol. The van der Waals surface area contributed by atoms with Gasteiger partial charge in [0.15, 0.2) is 0 Å². The van der Waals surface area contributed by atoms with Gasteiger partial charge in [-0.2, -0.15) is 0 Å². The summed E-state index contributed by atoms with van der Waals surface area (Å²) < 4.78 is 12.0. The molecule has 0 saturated heterocycles. The molecule has 0 fully saturated rings. The highest BCUT2D eigenvalue weighted by molar-refractivity contribution is 7.12. The number of aromatic nitrogens is 1. The van der Waals surface area contributed by atoms with Gasteiger partial charge in [-0.25, -0.2) is 0 Å². The van der Waals surface area contributed by atoms with Crippen LogP contribution in [0.15, 0.2) is 60.2 Å². The molecule has 0 atom stereocenters. The second-order valence-electron chi connectivity index (χ2n) is 7.32. The Balaban J connectivity index is 1.52. The molecule has 0 aliphatic rings. The van der Waals surface area contributed by atoms with E-state index in [1.807, 2.05) is 35.7 Å². The summed E-state index contributed by atoms with van der Waals surface area (Å²) in [6.07, 6.45) is 10.7. The molecular weight excluding hydrogens is 408 g/mol. The van der Waals surface area contributed by atoms with Gasteiger partial charge in [0.1, 0.15) is 23.0 Å². The summed E-state index contributed by atoms with van der Waals surface area (Å²) in [6.45, 7) is 3.28. The van der Waals surface area contributed by atoms with Crippen molar-refractivity contribution in [2.24, 2.45) is 0 Å². The summed E-state index contributed by atoms with van der Waals surface area (Å²) in [5.74, 6) is 1.20. The number of amides is 1. The van der Waals surface area contributed by atoms with Crippen LogP contribution in [-0.2, 0) is 6.61 Å². The van der Waals surface area contributed by atoms with Crippen LogP contribution in [0.4, 0.5) is 5.69 Å². The maximum absolute atomic E-state index is 12.6. The summed E-state index contributed by atoms with van der Waals surface area (Å²) >= 11 is 1.35. The van der Waals surface area contributed by atoms with Crippen molar-refractivity contribution in [3.63, 3.8) is 0 Å². The molecule has 3 aromatic rings. The molecule has 1 aromatic carbocycles. The van der Waals surface area contributed by atoms with E-state index in [0.29, 0.717) is 29.5 Å². The lowest BCUT2D eigenvalue weighted by molar-refractivity contribution is 0.102. The molecule has 2 heterocycles. The minimum Gasteiger partial charge on any atom is -0.493 e. The van der Waals surface area contributed by atoms with Crippen molar-refractivity contribution in [1.29, 1.82) is 0 Å². The minimum atomic E-state index is -0.203. The van der Waals surface area contributed by atoms with Crippen LogP contribution >= 0.6 is 11.3 Å². The van der Waals surface area contributed by atoms with Gasteiger partial charge in [-0.05, 0) is 36.1 Å². The molecule has 2 aromatic heterocycles. The van der Waals surface area contributed by atoms with Gasteiger partial charge < -0.3 is 14.8 Å². The van der Waals surface area contributed by atoms with Crippen LogP contribution in [-0.4, -0.2) is 17.5 Å². The maximum Gasteiger partial charge on any atom is 0.269 e. The lowest BCUT2D eigenvalue weighted by Gasteiger charge is -2.13. The largest absolute Gasteiger partial charge is 0.493 e. The van der Waals surface area contributed by atoms with Gasteiger partial charge in [0.2, 0.25) is 0 Å². The van der Waals surface area contributed by atoms with E-state index >= 15 is 0 Å². The Morgan fingerprint density at radius 2 is 1.81 bits per heavy atom. The fourth-order valence-corrected chi connectivity index (χ4v) is 3.91. The van der Waals surface area contributed by atoms with Crippen LogP contribution in [0.5, 0.6) is 11.5 Å². The Labute approximate surface area is 188 Å². The molecule has 0 spiro atoms. The SMILES string of the molecule is CCCCCCCCOc1ccccc1COc1ccsc1C(=O)Nc1cccnc1. The number of nitrogens with zero attached hydrogens (tertiary/aromatic N) is 1. The van der Waals surface area contributed by atoms with Gasteiger partial charge in [0.25, 0.3) is 5.91 Å². The molecule has 1 N–H and O–H groups in total. The van der Waals surface area contributed by atoms with E-state index in [1.54, 1.807) is 24.5 Å². The highest BCUT2D eigenvalue weighted by Gasteiger charge is 2.15. The van der Waals surface area contributed by atoms with Gasteiger partial charge >= 0.3 is 0 Å². The number of carbonyl (C=O) groups excluding carboxylic acids is 1. The number of thiophene rings is 1. The van der Waals surface area contributed by atoms with Gasteiger partial charge in [0, 0.05) is 11.8 Å². The minimum absolute atomic E-state index is 0.203. The molecular formula is C25H30N2O3S. The van der Waals surface area contributed by atoms with Crippen LogP contribution in [0, 0.1) is 0 Å². The van der Waals surface area contributed by atoms with E-state index in [4.69, 9.17) is 9.47 Å². The smallest absolute Gasteiger partial charge is 0.269 e. The predicted octanol–water partition coefficient (Wildman–Crippen LogP) is 6.71. The standard InChI is InChI=1S/C25H30N2O3S/c1-2-3-4-5-6-9-16-29-22-13-8-7-11-20(22)19-30-23-14-17-31-24(23)25(28)27-21-12-10-15-26-18-21/h7-8,10-15,17-18H,2-6,9,16,19H2,1H3,(H,27,28). The van der Waals surface area contributed by atoms with Crippen molar-refractivity contribution >= 4 is 22.9 Å². The molecule has 31 heavy (non-hydrogen) atoms. The second-order valence-corrected chi connectivity index (χ2v) is 8.24. The Morgan fingerprint density at radius 1 is 0.968 bits per heavy atom. The summed E-state index contributed by atoms with van der Waals surface area (Å²) in [6, 6.07) is 13.3. The van der Waals surface area contributed by atoms with Gasteiger partial charge in [-0.15, -0.1) is 11.3 Å². The average Bonchev–Trinajstić information content (AvgIpc) is 3.27. The zero-order valence-electron chi connectivity index (χ0n) is 18.0. The summed E-state index contributed by atoms with van der Waals surface area (Å²) in [5, 5.41) is 4.71. The number of para-hydroxylation sites is 1. The normalized spacial score (nSPS) is 10.6. The highest BCUT2D eigenvalue weighted by Crippen LogP contribution is 2.28. The first kappa shape index (κ1) is 22.8. The number of carbonyl (C=O) groups is 1. The fraction of sp³-hybridized carbons (Fsp3) is 0.360. The van der Waals surface area contributed by atoms with Crippen LogP contribution in [0.1, 0.15) is 60.7 Å². The molecule has 0 radical (unpaired) electrons. The van der Waals surface area contributed by atoms with E-state index < -0.39 is 0 Å². The second kappa shape index (κ2) is 12.7. The number of pyridine rings is 1. The number of nitrogens with one attached hydrogen (secondary N) is 1. The monoisotopic (exact) mass is 438 g/mol. The number of hydrogen-bond acceptors (Lipinski definition) is 5. The lowest BCUT2D eigenvalue weighted by atomic mass is 10.1. The van der Waals surface area contributed by atoms with Crippen LogP contribution < -0.4 is 14.8 Å². The van der Waals surface area contributed by atoms with E-state index in [2.05, 4.69) is 17.2 Å². The Morgan fingerprint density at radius 3 is 2.65 bits per heavy atom. The first-order chi connectivity index (χ1) is 15.3. The first-order valence-corrected chi connectivity index (χ1v) is 11.8. The lowest BCUT2D eigenvalue weighted by Crippen LogP contribution is -2.12. The molecule has 0 bridgehead atoms. The molecule has 0 saturated carbocycles. The van der Waals surface area contributed by atoms with Crippen molar-refractivity contribution in [1.82, 2.24) is 4.98 Å². The molecule has 5 nitrogen and oxygen atoms in total. The van der Waals surface area contributed by atoms with Crippen LogP contribution in [0.25, 0.3) is 0 Å². The van der Waals surface area contributed by atoms with Gasteiger partial charge in [-0.3, -0.25) is 9.78 Å². The number of benzene rings is 1. The first-order valence-electron chi connectivity index (χ1n) is 10.9. The summed E-state index contributed by atoms with van der Waals surface area (Å²) in [5.41, 5.74) is 1.62. The third-order valence-electron chi connectivity index (χ3n) is 4.87. The summed E-state index contributed by atoms with van der Waals surface area (Å²) in [7, 11) is 0.